The number of nitrogens with two attached hydrogens (primary N) is 1. The summed E-state index contributed by atoms with van der Waals surface area (Å²) in [4.78, 5) is 15.6. The van der Waals surface area contributed by atoms with Gasteiger partial charge in [0, 0.05) is 11.9 Å². The van der Waals surface area contributed by atoms with Gasteiger partial charge in [0.1, 0.15) is 5.82 Å². The maximum atomic E-state index is 13.1. The van der Waals surface area contributed by atoms with Crippen LogP contribution in [0.15, 0.2) is 36.5 Å². The highest BCUT2D eigenvalue weighted by Gasteiger charge is 2.34. The van der Waals surface area contributed by atoms with Crippen molar-refractivity contribution in [2.75, 3.05) is 11.1 Å². The number of amides is 1. The fraction of sp³-hybridized carbons (Fsp3) is 0.0769. The van der Waals surface area contributed by atoms with Crippen molar-refractivity contribution in [2.45, 2.75) is 6.18 Å². The molecule has 1 aromatic carbocycles. The highest BCUT2D eigenvalue weighted by molar-refractivity contribution is 6.06. The Balaban J connectivity index is 2.29. The molecule has 0 saturated carbocycles. The van der Waals surface area contributed by atoms with E-state index >= 15 is 0 Å². The topological polar surface area (TPSA) is 68.0 Å². The molecule has 21 heavy (non-hydrogen) atoms. The lowest BCUT2D eigenvalue weighted by Crippen LogP contribution is -2.17. The number of nitrogens with one attached hydrogen (secondary N) is 1. The van der Waals surface area contributed by atoms with Gasteiger partial charge in [0.15, 0.2) is 5.69 Å². The number of anilines is 2. The molecule has 0 fully saturated rings. The average molecular weight is 299 g/mol. The third-order valence-electron chi connectivity index (χ3n) is 2.58. The molecule has 2 aromatic rings. The van der Waals surface area contributed by atoms with Gasteiger partial charge in [0.2, 0.25) is 0 Å². The van der Waals surface area contributed by atoms with E-state index in [-0.39, 0.29) is 17.1 Å². The van der Waals surface area contributed by atoms with Crippen molar-refractivity contribution in [2.24, 2.45) is 0 Å². The van der Waals surface area contributed by atoms with Crippen LogP contribution >= 0.6 is 0 Å². The number of nitrogens with zero attached hydrogens (tertiary/aromatic N) is 1. The Labute approximate surface area is 116 Å². The maximum absolute atomic E-state index is 13.1. The minimum Gasteiger partial charge on any atom is -0.397 e. The van der Waals surface area contributed by atoms with Crippen LogP contribution in [-0.4, -0.2) is 10.9 Å². The summed E-state index contributed by atoms with van der Waals surface area (Å²) in [5.41, 5.74) is 3.81. The number of nitrogen functional groups attached to an aromatic ring is 1. The van der Waals surface area contributed by atoms with E-state index in [9.17, 15) is 22.4 Å². The van der Waals surface area contributed by atoms with Gasteiger partial charge in [-0.2, -0.15) is 13.2 Å². The smallest absolute Gasteiger partial charge is 0.397 e. The fourth-order valence-electron chi connectivity index (χ4n) is 1.62. The number of benzene rings is 1. The lowest BCUT2D eigenvalue weighted by Gasteiger charge is -2.11. The highest BCUT2D eigenvalue weighted by atomic mass is 19.4. The molecule has 4 nitrogen and oxygen atoms in total. The van der Waals surface area contributed by atoms with Crippen LogP contribution in [0.4, 0.5) is 28.9 Å². The molecule has 0 spiro atoms. The first kappa shape index (κ1) is 14.8. The Bertz CT molecular complexity index is 685. The molecule has 0 aliphatic carbocycles. The van der Waals surface area contributed by atoms with Gasteiger partial charge in [-0.15, -0.1) is 0 Å². The van der Waals surface area contributed by atoms with E-state index in [1.807, 2.05) is 0 Å². The molecule has 0 saturated heterocycles. The van der Waals surface area contributed by atoms with Crippen LogP contribution in [0.1, 0.15) is 16.1 Å². The Morgan fingerprint density at radius 2 is 1.95 bits per heavy atom. The SMILES string of the molecule is Nc1cccnc1C(=O)Nc1ccc(F)c(C(F)(F)F)c1. The summed E-state index contributed by atoms with van der Waals surface area (Å²) < 4.78 is 50.8. The lowest BCUT2D eigenvalue weighted by atomic mass is 10.1. The normalized spacial score (nSPS) is 11.2. The molecule has 0 aliphatic heterocycles. The van der Waals surface area contributed by atoms with Gasteiger partial charge in [-0.05, 0) is 30.3 Å². The Morgan fingerprint density at radius 3 is 2.57 bits per heavy atom. The van der Waals surface area contributed by atoms with Crippen LogP contribution in [0.3, 0.4) is 0 Å². The predicted molar refractivity (Wildman–Crippen MR) is 68.0 cm³/mol. The number of hydrogen-bond donors (Lipinski definition) is 2. The van der Waals surface area contributed by atoms with Crippen LogP contribution in [0.25, 0.3) is 0 Å². The molecule has 3 N–H and O–H groups in total. The minimum absolute atomic E-state index is 0.0770. The second-order valence-electron chi connectivity index (χ2n) is 4.09. The van der Waals surface area contributed by atoms with E-state index in [1.165, 1.54) is 18.3 Å². The van der Waals surface area contributed by atoms with Crippen LogP contribution in [-0.2, 0) is 6.18 Å². The number of hydrogen-bond acceptors (Lipinski definition) is 3. The average Bonchev–Trinajstić information content (AvgIpc) is 2.40. The zero-order valence-electron chi connectivity index (χ0n) is 10.4. The summed E-state index contributed by atoms with van der Waals surface area (Å²) >= 11 is 0. The van der Waals surface area contributed by atoms with Crippen molar-refractivity contribution >= 4 is 17.3 Å². The largest absolute Gasteiger partial charge is 0.419 e. The van der Waals surface area contributed by atoms with Crippen molar-refractivity contribution in [1.29, 1.82) is 0 Å². The molecule has 110 valence electrons. The van der Waals surface area contributed by atoms with E-state index in [2.05, 4.69) is 10.3 Å². The van der Waals surface area contributed by atoms with Crippen molar-refractivity contribution < 1.29 is 22.4 Å². The summed E-state index contributed by atoms with van der Waals surface area (Å²) in [5.74, 6) is -2.20. The molecule has 1 heterocycles. The second kappa shape index (κ2) is 5.39. The Hall–Kier alpha value is -2.64. The molecule has 1 aromatic heterocycles. The van der Waals surface area contributed by atoms with Crippen molar-refractivity contribution in [1.82, 2.24) is 4.98 Å². The standard InChI is InChI=1S/C13H9F4N3O/c14-9-4-3-7(6-8(9)13(15,16)17)20-12(21)11-10(18)2-1-5-19-11/h1-6H,18H2,(H,20,21). The van der Waals surface area contributed by atoms with Crippen LogP contribution in [0.5, 0.6) is 0 Å². The summed E-state index contributed by atoms with van der Waals surface area (Å²) in [6.45, 7) is 0. The van der Waals surface area contributed by atoms with Crippen molar-refractivity contribution in [3.63, 3.8) is 0 Å². The monoisotopic (exact) mass is 299 g/mol. The minimum atomic E-state index is -4.85. The van der Waals surface area contributed by atoms with Gasteiger partial charge >= 0.3 is 6.18 Å². The molecule has 0 aliphatic rings. The summed E-state index contributed by atoms with van der Waals surface area (Å²) in [6.07, 6.45) is -3.54. The zero-order chi connectivity index (χ0) is 15.6. The molecular weight excluding hydrogens is 290 g/mol. The summed E-state index contributed by atoms with van der Waals surface area (Å²) in [7, 11) is 0. The van der Waals surface area contributed by atoms with Crippen LogP contribution in [0.2, 0.25) is 0 Å². The Kier molecular flexibility index (Phi) is 3.79. The van der Waals surface area contributed by atoms with E-state index in [4.69, 9.17) is 5.73 Å². The first-order valence-corrected chi connectivity index (χ1v) is 5.67. The number of alkyl halides is 3. The zero-order valence-corrected chi connectivity index (χ0v) is 10.4. The lowest BCUT2D eigenvalue weighted by molar-refractivity contribution is -0.139. The fourth-order valence-corrected chi connectivity index (χ4v) is 1.62. The quantitative estimate of drug-likeness (QED) is 0.837. The molecule has 0 bridgehead atoms. The molecular formula is C13H9F4N3O. The molecule has 2 rings (SSSR count). The molecule has 8 heteroatoms. The second-order valence-corrected chi connectivity index (χ2v) is 4.09. The third kappa shape index (κ3) is 3.28. The number of carbonyl (C=O) groups excluding carboxylic acids is 1. The third-order valence-corrected chi connectivity index (χ3v) is 2.58. The van der Waals surface area contributed by atoms with Gasteiger partial charge in [0.05, 0.1) is 11.3 Å². The molecule has 1 amide bonds. The van der Waals surface area contributed by atoms with E-state index < -0.39 is 23.5 Å². The molecule has 0 atom stereocenters. The molecule has 0 radical (unpaired) electrons. The van der Waals surface area contributed by atoms with Gasteiger partial charge in [-0.25, -0.2) is 9.37 Å². The Morgan fingerprint density at radius 1 is 1.24 bits per heavy atom. The number of rotatable bonds is 2. The van der Waals surface area contributed by atoms with Crippen LogP contribution in [0, 0.1) is 5.82 Å². The number of aromatic nitrogens is 1. The van der Waals surface area contributed by atoms with Crippen molar-refractivity contribution in [3.05, 3.63) is 53.6 Å². The first-order valence-electron chi connectivity index (χ1n) is 5.67. The van der Waals surface area contributed by atoms with Gasteiger partial charge in [-0.3, -0.25) is 4.79 Å². The number of pyridine rings is 1. The summed E-state index contributed by atoms with van der Waals surface area (Å²) in [6, 6.07) is 5.08. The van der Waals surface area contributed by atoms with E-state index in [0.717, 1.165) is 6.07 Å². The van der Waals surface area contributed by atoms with Gasteiger partial charge in [-0.1, -0.05) is 0 Å². The van der Waals surface area contributed by atoms with Crippen LogP contribution < -0.4 is 11.1 Å². The van der Waals surface area contributed by atoms with E-state index in [0.29, 0.717) is 12.1 Å². The maximum Gasteiger partial charge on any atom is 0.419 e. The number of halogens is 4. The predicted octanol–water partition coefficient (Wildman–Crippen LogP) is 3.07. The molecule has 0 unspecified atom stereocenters. The summed E-state index contributed by atoms with van der Waals surface area (Å²) in [5, 5.41) is 2.19. The van der Waals surface area contributed by atoms with Gasteiger partial charge < -0.3 is 11.1 Å². The van der Waals surface area contributed by atoms with Gasteiger partial charge in [0.25, 0.3) is 5.91 Å². The van der Waals surface area contributed by atoms with Crippen molar-refractivity contribution in [3.8, 4) is 0 Å². The highest BCUT2D eigenvalue weighted by Crippen LogP contribution is 2.33. The number of carbonyl (C=O) groups is 1. The van der Waals surface area contributed by atoms with E-state index in [1.54, 1.807) is 0 Å². The first-order chi connectivity index (χ1) is 9.79.